The van der Waals surface area contributed by atoms with E-state index in [9.17, 15) is 9.59 Å². The van der Waals surface area contributed by atoms with Gasteiger partial charge in [0.1, 0.15) is 6.04 Å². The van der Waals surface area contributed by atoms with Crippen molar-refractivity contribution < 1.29 is 14.7 Å². The summed E-state index contributed by atoms with van der Waals surface area (Å²) in [6, 6.07) is 5.12. The highest BCUT2D eigenvalue weighted by Gasteiger charge is 2.22. The molecule has 0 radical (unpaired) electrons. The Morgan fingerprint density at radius 2 is 1.95 bits per heavy atom. The molecule has 0 aliphatic heterocycles. The zero-order valence-electron chi connectivity index (χ0n) is 10.6. The molecule has 0 aliphatic rings. The van der Waals surface area contributed by atoms with Gasteiger partial charge < -0.3 is 16.2 Å². The minimum absolute atomic E-state index is 0.189. The molecule has 1 rings (SSSR count). The van der Waals surface area contributed by atoms with E-state index in [0.29, 0.717) is 11.4 Å². The molecule has 6 heteroatoms. The number of carboxylic acids is 1. The van der Waals surface area contributed by atoms with Crippen LogP contribution in [-0.4, -0.2) is 29.1 Å². The van der Waals surface area contributed by atoms with Gasteiger partial charge in [-0.05, 0) is 24.1 Å². The molecule has 0 saturated carbocycles. The first-order valence-electron chi connectivity index (χ1n) is 5.97. The molecule has 0 spiro atoms. The second-order valence-electron chi connectivity index (χ2n) is 4.24. The molecule has 0 unspecified atom stereocenters. The molecule has 4 N–H and O–H groups in total. The van der Waals surface area contributed by atoms with E-state index in [1.54, 1.807) is 31.2 Å². The van der Waals surface area contributed by atoms with Gasteiger partial charge in [0.25, 0.3) is 0 Å². The van der Waals surface area contributed by atoms with Gasteiger partial charge in [0, 0.05) is 11.4 Å². The van der Waals surface area contributed by atoms with Crippen LogP contribution in [0.4, 0.5) is 0 Å². The molecule has 0 saturated heterocycles. The molecule has 0 fully saturated rings. The summed E-state index contributed by atoms with van der Waals surface area (Å²) < 4.78 is 0. The van der Waals surface area contributed by atoms with Gasteiger partial charge in [-0.3, -0.25) is 4.79 Å². The number of carbonyl (C=O) groups is 2. The maximum atomic E-state index is 11.6. The average molecular weight is 285 g/mol. The largest absolute Gasteiger partial charge is 0.480 e. The predicted molar refractivity (Wildman–Crippen MR) is 73.0 cm³/mol. The molecule has 2 atom stereocenters. The van der Waals surface area contributed by atoms with Gasteiger partial charge >= 0.3 is 5.97 Å². The van der Waals surface area contributed by atoms with Crippen molar-refractivity contribution in [1.29, 1.82) is 0 Å². The van der Waals surface area contributed by atoms with E-state index < -0.39 is 24.0 Å². The summed E-state index contributed by atoms with van der Waals surface area (Å²) in [6.07, 6.45) is 0.647. The average Bonchev–Trinajstić information content (AvgIpc) is 2.39. The quantitative estimate of drug-likeness (QED) is 0.731. The molecule has 0 heterocycles. The monoisotopic (exact) mass is 284 g/mol. The Morgan fingerprint density at radius 1 is 1.37 bits per heavy atom. The van der Waals surface area contributed by atoms with Crippen molar-refractivity contribution >= 4 is 23.5 Å². The van der Waals surface area contributed by atoms with Gasteiger partial charge in [0.05, 0.1) is 6.04 Å². The molecule has 5 nitrogen and oxygen atoms in total. The number of aliphatic carboxylic acids is 1. The summed E-state index contributed by atoms with van der Waals surface area (Å²) in [5.74, 6) is -1.55. The number of carbonyl (C=O) groups excluding carboxylic acids is 1. The first-order chi connectivity index (χ1) is 8.93. The number of hydrogen-bond donors (Lipinski definition) is 3. The Labute approximate surface area is 116 Å². The molecule has 1 aromatic rings. The molecule has 0 bridgehead atoms. The SMILES string of the molecule is CC[C@H](N)C(=O)N[C@@H](Cc1ccc(Cl)cc1)C(=O)O. The smallest absolute Gasteiger partial charge is 0.326 e. The van der Waals surface area contributed by atoms with Crippen molar-refractivity contribution in [3.8, 4) is 0 Å². The summed E-state index contributed by atoms with van der Waals surface area (Å²) in [5, 5.41) is 12.1. The van der Waals surface area contributed by atoms with E-state index in [4.69, 9.17) is 22.4 Å². The second kappa shape index (κ2) is 7.11. The number of carboxylic acid groups (broad SMARTS) is 1. The zero-order chi connectivity index (χ0) is 14.4. The number of hydrogen-bond acceptors (Lipinski definition) is 3. The molecular formula is C13H17ClN2O3. The van der Waals surface area contributed by atoms with E-state index in [0.717, 1.165) is 5.56 Å². The van der Waals surface area contributed by atoms with Gasteiger partial charge in [0.2, 0.25) is 5.91 Å². The Balaban J connectivity index is 2.71. The third kappa shape index (κ3) is 4.89. The van der Waals surface area contributed by atoms with Crippen molar-refractivity contribution in [2.75, 3.05) is 0 Å². The fraction of sp³-hybridized carbons (Fsp3) is 0.385. The van der Waals surface area contributed by atoms with E-state index in [-0.39, 0.29) is 6.42 Å². The maximum Gasteiger partial charge on any atom is 0.326 e. The summed E-state index contributed by atoms with van der Waals surface area (Å²) in [4.78, 5) is 22.7. The number of rotatable bonds is 6. The second-order valence-corrected chi connectivity index (χ2v) is 4.68. The van der Waals surface area contributed by atoms with Crippen LogP contribution in [0.2, 0.25) is 5.02 Å². The van der Waals surface area contributed by atoms with Gasteiger partial charge in [-0.1, -0.05) is 30.7 Å². The standard InChI is InChI=1S/C13H17ClN2O3/c1-2-10(15)12(17)16-11(13(18)19)7-8-3-5-9(14)6-4-8/h3-6,10-11H,2,7,15H2,1H3,(H,16,17)(H,18,19)/t10-,11-/m0/s1. The lowest BCUT2D eigenvalue weighted by Crippen LogP contribution is -2.49. The summed E-state index contributed by atoms with van der Waals surface area (Å²) >= 11 is 5.75. The molecule has 0 aliphatic carbocycles. The van der Waals surface area contributed by atoms with Crippen LogP contribution < -0.4 is 11.1 Å². The summed E-state index contributed by atoms with van der Waals surface area (Å²) in [6.45, 7) is 1.76. The third-order valence-electron chi connectivity index (χ3n) is 2.74. The molecule has 1 amide bonds. The number of nitrogens with two attached hydrogens (primary N) is 1. The van der Waals surface area contributed by atoms with Crippen LogP contribution in [0.15, 0.2) is 24.3 Å². The van der Waals surface area contributed by atoms with Gasteiger partial charge in [-0.2, -0.15) is 0 Å². The Kier molecular flexibility index (Phi) is 5.79. The third-order valence-corrected chi connectivity index (χ3v) is 3.00. The van der Waals surface area contributed by atoms with Crippen LogP contribution in [0, 0.1) is 0 Å². The van der Waals surface area contributed by atoms with Gasteiger partial charge in [0.15, 0.2) is 0 Å². The molecule has 1 aromatic carbocycles. The van der Waals surface area contributed by atoms with E-state index in [1.807, 2.05) is 0 Å². The van der Waals surface area contributed by atoms with Crippen LogP contribution in [0.1, 0.15) is 18.9 Å². The summed E-state index contributed by atoms with van der Waals surface area (Å²) in [5.41, 5.74) is 6.34. The number of nitrogens with one attached hydrogen (secondary N) is 1. The predicted octanol–water partition coefficient (Wildman–Crippen LogP) is 1.19. The van der Waals surface area contributed by atoms with Crippen molar-refractivity contribution in [3.63, 3.8) is 0 Å². The minimum Gasteiger partial charge on any atom is -0.480 e. The summed E-state index contributed by atoms with van der Waals surface area (Å²) in [7, 11) is 0. The van der Waals surface area contributed by atoms with Crippen LogP contribution in [0.3, 0.4) is 0 Å². The first-order valence-corrected chi connectivity index (χ1v) is 6.35. The Bertz CT molecular complexity index is 448. The molecule has 0 aromatic heterocycles. The topological polar surface area (TPSA) is 92.4 Å². The lowest BCUT2D eigenvalue weighted by atomic mass is 10.1. The van der Waals surface area contributed by atoms with Gasteiger partial charge in [-0.15, -0.1) is 0 Å². The number of halogens is 1. The number of amides is 1. The first kappa shape index (κ1) is 15.5. The fourth-order valence-corrected chi connectivity index (χ4v) is 1.65. The van der Waals surface area contributed by atoms with Crippen LogP contribution in [-0.2, 0) is 16.0 Å². The molecule has 19 heavy (non-hydrogen) atoms. The highest BCUT2D eigenvalue weighted by Crippen LogP contribution is 2.11. The van der Waals surface area contributed by atoms with E-state index >= 15 is 0 Å². The van der Waals surface area contributed by atoms with Crippen molar-refractivity contribution in [1.82, 2.24) is 5.32 Å². The highest BCUT2D eigenvalue weighted by molar-refractivity contribution is 6.30. The van der Waals surface area contributed by atoms with Gasteiger partial charge in [-0.25, -0.2) is 4.79 Å². The van der Waals surface area contributed by atoms with Crippen molar-refractivity contribution in [2.24, 2.45) is 5.73 Å². The van der Waals surface area contributed by atoms with Crippen LogP contribution in [0.5, 0.6) is 0 Å². The molecule has 104 valence electrons. The lowest BCUT2D eigenvalue weighted by molar-refractivity contribution is -0.142. The Hall–Kier alpha value is -1.59. The normalized spacial score (nSPS) is 13.6. The van der Waals surface area contributed by atoms with Crippen LogP contribution in [0.25, 0.3) is 0 Å². The molecular weight excluding hydrogens is 268 g/mol. The van der Waals surface area contributed by atoms with Crippen molar-refractivity contribution in [3.05, 3.63) is 34.9 Å². The Morgan fingerprint density at radius 3 is 2.42 bits per heavy atom. The zero-order valence-corrected chi connectivity index (χ0v) is 11.4. The number of benzene rings is 1. The highest BCUT2D eigenvalue weighted by atomic mass is 35.5. The fourth-order valence-electron chi connectivity index (χ4n) is 1.52. The minimum atomic E-state index is -1.09. The maximum absolute atomic E-state index is 11.6. The van der Waals surface area contributed by atoms with Crippen LogP contribution >= 0.6 is 11.6 Å². The van der Waals surface area contributed by atoms with Crippen molar-refractivity contribution in [2.45, 2.75) is 31.8 Å². The van der Waals surface area contributed by atoms with E-state index in [2.05, 4.69) is 5.32 Å². The van der Waals surface area contributed by atoms with E-state index in [1.165, 1.54) is 0 Å². The lowest BCUT2D eigenvalue weighted by Gasteiger charge is -2.17.